The van der Waals surface area contributed by atoms with Gasteiger partial charge < -0.3 is 5.73 Å². The fourth-order valence-electron chi connectivity index (χ4n) is 1.40. The molecule has 0 saturated carbocycles. The number of nitrogens with zero attached hydrogens (tertiary/aromatic N) is 1. The van der Waals surface area contributed by atoms with E-state index in [0.29, 0.717) is 0 Å². The zero-order valence-corrected chi connectivity index (χ0v) is 6.06. The Kier molecular flexibility index (Phi) is 2.09. The number of nitrogens with two attached hydrogens (primary N) is 1. The molecular formula is C7H15N2. The highest BCUT2D eigenvalue weighted by molar-refractivity contribution is 4.85. The van der Waals surface area contributed by atoms with Crippen LogP contribution in [0, 0.1) is 0 Å². The topological polar surface area (TPSA) is 40.1 Å². The normalized spacial score (nSPS) is 35.3. The van der Waals surface area contributed by atoms with Gasteiger partial charge in [-0.3, -0.25) is 0 Å². The summed E-state index contributed by atoms with van der Waals surface area (Å²) in [5, 5.41) is 4.34. The van der Waals surface area contributed by atoms with Crippen molar-refractivity contribution in [2.45, 2.75) is 38.3 Å². The summed E-state index contributed by atoms with van der Waals surface area (Å²) in [5.41, 5.74) is 5.77. The minimum absolute atomic E-state index is 0.130. The molecule has 2 nitrogen and oxygen atoms in total. The first-order valence-corrected chi connectivity index (χ1v) is 3.74. The minimum atomic E-state index is -0.130. The molecule has 9 heavy (non-hydrogen) atoms. The predicted octanol–water partition coefficient (Wildman–Crippen LogP) is 0.840. The van der Waals surface area contributed by atoms with Crippen LogP contribution < -0.4 is 11.1 Å². The van der Waals surface area contributed by atoms with E-state index in [1.807, 2.05) is 0 Å². The monoisotopic (exact) mass is 127 g/mol. The molecule has 1 fully saturated rings. The minimum Gasteiger partial charge on any atom is -0.312 e. The Hall–Kier alpha value is -0.0800. The van der Waals surface area contributed by atoms with Gasteiger partial charge >= 0.3 is 0 Å². The number of rotatable bonds is 2. The van der Waals surface area contributed by atoms with E-state index < -0.39 is 0 Å². The standard InChI is InChI=1S/C7H15N2/c1-2-4-7(8)5-3-6-9-7/h2-6,8H2,1H3. The Morgan fingerprint density at radius 1 is 1.67 bits per heavy atom. The van der Waals surface area contributed by atoms with E-state index in [2.05, 4.69) is 12.2 Å². The van der Waals surface area contributed by atoms with Gasteiger partial charge in [-0.05, 0) is 19.3 Å². The maximum Gasteiger partial charge on any atom is 0.0824 e. The molecule has 0 aromatic carbocycles. The molecular weight excluding hydrogens is 112 g/mol. The molecule has 53 valence electrons. The predicted molar refractivity (Wildman–Crippen MR) is 38.1 cm³/mol. The van der Waals surface area contributed by atoms with Crippen molar-refractivity contribution >= 4 is 0 Å². The van der Waals surface area contributed by atoms with Crippen LogP contribution in [0.1, 0.15) is 32.6 Å². The van der Waals surface area contributed by atoms with Crippen molar-refractivity contribution in [2.75, 3.05) is 6.54 Å². The maximum atomic E-state index is 5.90. The molecule has 1 unspecified atom stereocenters. The van der Waals surface area contributed by atoms with E-state index in [9.17, 15) is 0 Å². The highest BCUT2D eigenvalue weighted by Crippen LogP contribution is 2.19. The summed E-state index contributed by atoms with van der Waals surface area (Å²) in [6, 6.07) is 0. The van der Waals surface area contributed by atoms with Crippen LogP contribution in [0.4, 0.5) is 0 Å². The Labute approximate surface area is 56.8 Å². The molecule has 1 aliphatic heterocycles. The first-order chi connectivity index (χ1) is 4.27. The van der Waals surface area contributed by atoms with E-state index in [1.165, 1.54) is 6.42 Å². The van der Waals surface area contributed by atoms with Crippen LogP contribution in [0.3, 0.4) is 0 Å². The summed E-state index contributed by atoms with van der Waals surface area (Å²) in [5.74, 6) is 0. The number of hydrogen-bond donors (Lipinski definition) is 1. The highest BCUT2D eigenvalue weighted by Gasteiger charge is 2.28. The molecule has 1 atom stereocenters. The van der Waals surface area contributed by atoms with Crippen molar-refractivity contribution in [1.82, 2.24) is 5.32 Å². The van der Waals surface area contributed by atoms with Crippen molar-refractivity contribution in [3.05, 3.63) is 0 Å². The molecule has 0 amide bonds. The van der Waals surface area contributed by atoms with Crippen LogP contribution in [0.25, 0.3) is 0 Å². The van der Waals surface area contributed by atoms with Gasteiger partial charge in [-0.25, -0.2) is 5.32 Å². The van der Waals surface area contributed by atoms with Gasteiger partial charge in [0.05, 0.1) is 5.66 Å². The summed E-state index contributed by atoms with van der Waals surface area (Å²) < 4.78 is 0. The zero-order valence-electron chi connectivity index (χ0n) is 6.06. The van der Waals surface area contributed by atoms with E-state index in [0.717, 1.165) is 25.8 Å². The molecule has 1 aliphatic rings. The Morgan fingerprint density at radius 3 is 2.89 bits per heavy atom. The summed E-state index contributed by atoms with van der Waals surface area (Å²) in [6.07, 6.45) is 4.50. The van der Waals surface area contributed by atoms with E-state index in [-0.39, 0.29) is 5.66 Å². The first kappa shape index (κ1) is 7.03. The lowest BCUT2D eigenvalue weighted by molar-refractivity contribution is 0.351. The lowest BCUT2D eigenvalue weighted by atomic mass is 10.0. The molecule has 1 saturated heterocycles. The molecule has 1 radical (unpaired) electrons. The average molecular weight is 127 g/mol. The molecule has 1 rings (SSSR count). The van der Waals surface area contributed by atoms with Gasteiger partial charge in [0, 0.05) is 6.54 Å². The van der Waals surface area contributed by atoms with Gasteiger partial charge in [-0.2, -0.15) is 0 Å². The fraction of sp³-hybridized carbons (Fsp3) is 1.00. The van der Waals surface area contributed by atoms with Gasteiger partial charge in [0.15, 0.2) is 0 Å². The van der Waals surface area contributed by atoms with Crippen LogP contribution in [-0.4, -0.2) is 12.2 Å². The average Bonchev–Trinajstić information content (AvgIpc) is 2.16. The molecule has 0 aromatic heterocycles. The van der Waals surface area contributed by atoms with Gasteiger partial charge in [-0.1, -0.05) is 13.3 Å². The molecule has 1 heterocycles. The third kappa shape index (κ3) is 1.66. The van der Waals surface area contributed by atoms with Crippen LogP contribution >= 0.6 is 0 Å². The smallest absolute Gasteiger partial charge is 0.0824 e. The molecule has 2 N–H and O–H groups in total. The lowest BCUT2D eigenvalue weighted by Gasteiger charge is -2.20. The number of hydrogen-bond acceptors (Lipinski definition) is 1. The molecule has 2 heteroatoms. The van der Waals surface area contributed by atoms with Gasteiger partial charge in [-0.15, -0.1) is 0 Å². The third-order valence-electron chi connectivity index (χ3n) is 1.88. The van der Waals surface area contributed by atoms with Gasteiger partial charge in [0.2, 0.25) is 0 Å². The summed E-state index contributed by atoms with van der Waals surface area (Å²) in [6.45, 7) is 3.14. The summed E-state index contributed by atoms with van der Waals surface area (Å²) in [7, 11) is 0. The molecule has 0 spiro atoms. The van der Waals surface area contributed by atoms with Gasteiger partial charge in [0.1, 0.15) is 0 Å². The Bertz CT molecular complexity index is 84.9. The molecule has 0 aromatic rings. The molecule has 0 bridgehead atoms. The maximum absolute atomic E-state index is 5.90. The van der Waals surface area contributed by atoms with Crippen LogP contribution in [0.5, 0.6) is 0 Å². The van der Waals surface area contributed by atoms with Crippen LogP contribution in [0.2, 0.25) is 0 Å². The summed E-state index contributed by atoms with van der Waals surface area (Å²) >= 11 is 0. The van der Waals surface area contributed by atoms with Crippen molar-refractivity contribution in [3.63, 3.8) is 0 Å². The second-order valence-corrected chi connectivity index (χ2v) is 2.84. The second kappa shape index (κ2) is 2.67. The first-order valence-electron chi connectivity index (χ1n) is 3.74. The largest absolute Gasteiger partial charge is 0.312 e. The third-order valence-corrected chi connectivity index (χ3v) is 1.88. The van der Waals surface area contributed by atoms with E-state index >= 15 is 0 Å². The van der Waals surface area contributed by atoms with Crippen molar-refractivity contribution < 1.29 is 0 Å². The zero-order chi connectivity index (χ0) is 6.74. The summed E-state index contributed by atoms with van der Waals surface area (Å²) in [4.78, 5) is 0. The van der Waals surface area contributed by atoms with Crippen LogP contribution in [0.15, 0.2) is 0 Å². The SMILES string of the molecule is CCCC1(N)CCC[N]1. The highest BCUT2D eigenvalue weighted by atomic mass is 15.1. The van der Waals surface area contributed by atoms with E-state index in [4.69, 9.17) is 5.73 Å². The van der Waals surface area contributed by atoms with E-state index in [1.54, 1.807) is 0 Å². The second-order valence-electron chi connectivity index (χ2n) is 2.84. The van der Waals surface area contributed by atoms with Crippen molar-refractivity contribution in [3.8, 4) is 0 Å². The fourth-order valence-corrected chi connectivity index (χ4v) is 1.40. The van der Waals surface area contributed by atoms with Crippen LogP contribution in [-0.2, 0) is 0 Å². The lowest BCUT2D eigenvalue weighted by Crippen LogP contribution is -2.44. The molecule has 0 aliphatic carbocycles. The van der Waals surface area contributed by atoms with Gasteiger partial charge in [0.25, 0.3) is 0 Å². The Morgan fingerprint density at radius 2 is 2.44 bits per heavy atom. The Balaban J connectivity index is 2.32. The van der Waals surface area contributed by atoms with Crippen molar-refractivity contribution in [1.29, 1.82) is 0 Å². The quantitative estimate of drug-likeness (QED) is 0.586. The van der Waals surface area contributed by atoms with Crippen molar-refractivity contribution in [2.24, 2.45) is 5.73 Å².